The van der Waals surface area contributed by atoms with Gasteiger partial charge in [0, 0.05) is 12.6 Å². The standard InChI is InChI=1S/C18H25FN2O/c1-12-10-15(19)7-6-13(12)8-9-20-18(22)17-11-14-4-2-3-5-16(14)21-17/h6-7,10,14,16-17,21H,2-5,8-9,11H2,1H3,(H,20,22). The smallest absolute Gasteiger partial charge is 0.237 e. The van der Waals surface area contributed by atoms with Crippen LogP contribution in [0.3, 0.4) is 0 Å². The van der Waals surface area contributed by atoms with Crippen LogP contribution in [0.2, 0.25) is 0 Å². The summed E-state index contributed by atoms with van der Waals surface area (Å²) in [5, 5.41) is 6.53. The minimum absolute atomic E-state index is 0.0255. The summed E-state index contributed by atoms with van der Waals surface area (Å²) in [5.41, 5.74) is 2.04. The van der Waals surface area contributed by atoms with E-state index in [4.69, 9.17) is 0 Å². The van der Waals surface area contributed by atoms with Gasteiger partial charge in [0.2, 0.25) is 5.91 Å². The monoisotopic (exact) mass is 304 g/mol. The molecule has 120 valence electrons. The molecule has 1 aliphatic heterocycles. The summed E-state index contributed by atoms with van der Waals surface area (Å²) in [6.07, 6.45) is 6.79. The summed E-state index contributed by atoms with van der Waals surface area (Å²) >= 11 is 0. The molecule has 3 atom stereocenters. The van der Waals surface area contributed by atoms with Crippen LogP contribution in [0.5, 0.6) is 0 Å². The van der Waals surface area contributed by atoms with E-state index in [0.717, 1.165) is 24.0 Å². The Hall–Kier alpha value is -1.42. The molecule has 1 aromatic carbocycles. The largest absolute Gasteiger partial charge is 0.354 e. The van der Waals surface area contributed by atoms with Crippen LogP contribution in [0.25, 0.3) is 0 Å². The number of carbonyl (C=O) groups excluding carboxylic acids is 1. The van der Waals surface area contributed by atoms with Gasteiger partial charge < -0.3 is 10.6 Å². The number of hydrogen-bond acceptors (Lipinski definition) is 2. The van der Waals surface area contributed by atoms with Crippen molar-refractivity contribution in [2.75, 3.05) is 6.54 Å². The Kier molecular flexibility index (Phi) is 4.77. The fraction of sp³-hybridized carbons (Fsp3) is 0.611. The van der Waals surface area contributed by atoms with E-state index < -0.39 is 0 Å². The first-order valence-electron chi connectivity index (χ1n) is 8.42. The molecule has 0 bridgehead atoms. The molecular weight excluding hydrogens is 279 g/mol. The highest BCUT2D eigenvalue weighted by atomic mass is 19.1. The highest BCUT2D eigenvalue weighted by Gasteiger charge is 2.37. The van der Waals surface area contributed by atoms with E-state index >= 15 is 0 Å². The van der Waals surface area contributed by atoms with E-state index in [0.29, 0.717) is 18.5 Å². The van der Waals surface area contributed by atoms with E-state index in [2.05, 4.69) is 10.6 Å². The van der Waals surface area contributed by atoms with Crippen LogP contribution in [0.1, 0.15) is 43.2 Å². The van der Waals surface area contributed by atoms with Crippen molar-refractivity contribution in [1.82, 2.24) is 10.6 Å². The zero-order valence-electron chi connectivity index (χ0n) is 13.2. The van der Waals surface area contributed by atoms with Crippen molar-refractivity contribution < 1.29 is 9.18 Å². The Morgan fingerprint density at radius 3 is 2.95 bits per heavy atom. The molecule has 1 amide bonds. The predicted octanol–water partition coefficient (Wildman–Crippen LogP) is 2.71. The lowest BCUT2D eigenvalue weighted by Gasteiger charge is -2.24. The summed E-state index contributed by atoms with van der Waals surface area (Å²) < 4.78 is 13.1. The fourth-order valence-electron chi connectivity index (χ4n) is 3.90. The third-order valence-electron chi connectivity index (χ3n) is 5.18. The van der Waals surface area contributed by atoms with E-state index in [-0.39, 0.29) is 17.8 Å². The lowest BCUT2D eigenvalue weighted by molar-refractivity contribution is -0.122. The highest BCUT2D eigenvalue weighted by molar-refractivity contribution is 5.82. The van der Waals surface area contributed by atoms with Gasteiger partial charge in [-0.15, -0.1) is 0 Å². The zero-order chi connectivity index (χ0) is 15.5. The number of rotatable bonds is 4. The number of hydrogen-bond donors (Lipinski definition) is 2. The molecule has 1 aromatic rings. The van der Waals surface area contributed by atoms with E-state index in [1.807, 2.05) is 6.92 Å². The lowest BCUT2D eigenvalue weighted by atomic mass is 9.85. The SMILES string of the molecule is Cc1cc(F)ccc1CCNC(=O)C1CC2CCCCC2N1. The Labute approximate surface area is 131 Å². The highest BCUT2D eigenvalue weighted by Crippen LogP contribution is 2.33. The fourth-order valence-corrected chi connectivity index (χ4v) is 3.90. The average Bonchev–Trinajstić information content (AvgIpc) is 2.93. The van der Waals surface area contributed by atoms with E-state index in [9.17, 15) is 9.18 Å². The first-order chi connectivity index (χ1) is 10.6. The van der Waals surface area contributed by atoms with Crippen LogP contribution in [0.15, 0.2) is 18.2 Å². The molecule has 4 heteroatoms. The second-order valence-electron chi connectivity index (χ2n) is 6.72. The van der Waals surface area contributed by atoms with Gasteiger partial charge in [-0.3, -0.25) is 4.79 Å². The van der Waals surface area contributed by atoms with Crippen LogP contribution in [-0.2, 0) is 11.2 Å². The molecule has 3 unspecified atom stereocenters. The predicted molar refractivity (Wildman–Crippen MR) is 85.1 cm³/mol. The first-order valence-corrected chi connectivity index (χ1v) is 8.42. The zero-order valence-corrected chi connectivity index (χ0v) is 13.2. The molecule has 0 aromatic heterocycles. The summed E-state index contributed by atoms with van der Waals surface area (Å²) in [5.74, 6) is 0.598. The maximum atomic E-state index is 13.1. The summed E-state index contributed by atoms with van der Waals surface area (Å²) in [6.45, 7) is 2.52. The summed E-state index contributed by atoms with van der Waals surface area (Å²) in [4.78, 5) is 12.3. The molecule has 1 saturated heterocycles. The molecule has 0 radical (unpaired) electrons. The second kappa shape index (κ2) is 6.78. The molecule has 1 saturated carbocycles. The maximum absolute atomic E-state index is 13.1. The quantitative estimate of drug-likeness (QED) is 0.898. The van der Waals surface area contributed by atoms with Gasteiger partial charge in [-0.1, -0.05) is 18.9 Å². The van der Waals surface area contributed by atoms with Gasteiger partial charge in [0.05, 0.1) is 6.04 Å². The maximum Gasteiger partial charge on any atom is 0.237 e. The van der Waals surface area contributed by atoms with Crippen molar-refractivity contribution in [3.63, 3.8) is 0 Å². The van der Waals surface area contributed by atoms with Crippen LogP contribution in [0.4, 0.5) is 4.39 Å². The lowest BCUT2D eigenvalue weighted by Crippen LogP contribution is -2.43. The van der Waals surface area contributed by atoms with Crippen molar-refractivity contribution in [2.24, 2.45) is 5.92 Å². The van der Waals surface area contributed by atoms with E-state index in [1.165, 1.54) is 31.7 Å². The van der Waals surface area contributed by atoms with Gasteiger partial charge in [-0.25, -0.2) is 4.39 Å². The van der Waals surface area contributed by atoms with Crippen molar-refractivity contribution in [2.45, 2.75) is 57.5 Å². The van der Waals surface area contributed by atoms with Crippen LogP contribution in [-0.4, -0.2) is 24.5 Å². The van der Waals surface area contributed by atoms with Gasteiger partial charge in [0.1, 0.15) is 5.82 Å². The van der Waals surface area contributed by atoms with E-state index in [1.54, 1.807) is 12.1 Å². The summed E-state index contributed by atoms with van der Waals surface area (Å²) in [7, 11) is 0. The molecule has 3 nitrogen and oxygen atoms in total. The van der Waals surface area contributed by atoms with Crippen LogP contribution in [0, 0.1) is 18.7 Å². The minimum atomic E-state index is -0.206. The second-order valence-corrected chi connectivity index (χ2v) is 6.72. The molecule has 2 N–H and O–H groups in total. The normalized spacial score (nSPS) is 27.5. The number of aryl methyl sites for hydroxylation is 1. The molecular formula is C18H25FN2O. The minimum Gasteiger partial charge on any atom is -0.354 e. The first kappa shape index (κ1) is 15.5. The topological polar surface area (TPSA) is 41.1 Å². The molecule has 0 spiro atoms. The molecule has 1 aliphatic carbocycles. The molecule has 2 aliphatic rings. The molecule has 3 rings (SSSR count). The third-order valence-corrected chi connectivity index (χ3v) is 5.18. The van der Waals surface area contributed by atoms with Gasteiger partial charge in [-0.2, -0.15) is 0 Å². The van der Waals surface area contributed by atoms with Crippen molar-refractivity contribution in [3.05, 3.63) is 35.1 Å². The Morgan fingerprint density at radius 1 is 1.36 bits per heavy atom. The number of nitrogens with one attached hydrogen (secondary N) is 2. The number of benzene rings is 1. The number of halogens is 1. The Bertz CT molecular complexity index is 532. The van der Waals surface area contributed by atoms with Crippen molar-refractivity contribution >= 4 is 5.91 Å². The van der Waals surface area contributed by atoms with Gasteiger partial charge in [-0.05, 0) is 61.8 Å². The summed E-state index contributed by atoms with van der Waals surface area (Å²) in [6, 6.07) is 5.35. The van der Waals surface area contributed by atoms with Gasteiger partial charge in [0.15, 0.2) is 0 Å². The average molecular weight is 304 g/mol. The number of fused-ring (bicyclic) bond motifs is 1. The number of carbonyl (C=O) groups is 1. The van der Waals surface area contributed by atoms with Gasteiger partial charge in [0.25, 0.3) is 0 Å². The van der Waals surface area contributed by atoms with Crippen LogP contribution >= 0.6 is 0 Å². The molecule has 1 heterocycles. The van der Waals surface area contributed by atoms with Crippen LogP contribution < -0.4 is 10.6 Å². The van der Waals surface area contributed by atoms with Crippen molar-refractivity contribution in [3.8, 4) is 0 Å². The molecule has 2 fully saturated rings. The third kappa shape index (κ3) is 3.49. The molecule has 22 heavy (non-hydrogen) atoms. The Balaban J connectivity index is 1.46. The number of amides is 1. The van der Waals surface area contributed by atoms with Crippen molar-refractivity contribution in [1.29, 1.82) is 0 Å². The Morgan fingerprint density at radius 2 is 2.18 bits per heavy atom. The van der Waals surface area contributed by atoms with Gasteiger partial charge >= 0.3 is 0 Å².